The molecule has 0 aliphatic carbocycles. The number of hydrogen-bond acceptors (Lipinski definition) is 6. The molecule has 5 nitrogen and oxygen atoms in total. The second kappa shape index (κ2) is 4.08. The zero-order chi connectivity index (χ0) is 14.1. The van der Waals surface area contributed by atoms with Crippen LogP contribution in [0, 0.1) is 0 Å². The van der Waals surface area contributed by atoms with Crippen LogP contribution in [0.3, 0.4) is 0 Å². The van der Waals surface area contributed by atoms with Gasteiger partial charge in [-0.3, -0.25) is 0 Å². The largest absolute Gasteiger partial charge is 0.346 e. The number of thiocarbonyl (C=S) groups is 1. The molecule has 3 aliphatic heterocycles. The zero-order valence-corrected chi connectivity index (χ0v) is 13.7. The van der Waals surface area contributed by atoms with Gasteiger partial charge in [0.2, 0.25) is 0 Å². The highest BCUT2D eigenvalue weighted by Crippen LogP contribution is 2.48. The number of fused-ring (bicyclic) bond motifs is 1. The third-order valence-electron chi connectivity index (χ3n) is 4.17. The van der Waals surface area contributed by atoms with E-state index in [9.17, 15) is 16.8 Å². The van der Waals surface area contributed by atoms with E-state index in [4.69, 9.17) is 12.2 Å². The fraction of sp³-hybridized carbons (Fsp3) is 0.900. The Hall–Kier alpha value is 0.140. The summed E-state index contributed by atoms with van der Waals surface area (Å²) >= 11 is 6.77. The molecule has 0 N–H and O–H groups in total. The van der Waals surface area contributed by atoms with Gasteiger partial charge in [-0.1, -0.05) is 24.0 Å². The average Bonchev–Trinajstić information content (AvgIpc) is 2.72. The fourth-order valence-corrected chi connectivity index (χ4v) is 10.1. The van der Waals surface area contributed by atoms with Crippen molar-refractivity contribution in [1.29, 1.82) is 0 Å². The van der Waals surface area contributed by atoms with E-state index >= 15 is 0 Å². The monoisotopic (exact) mass is 341 g/mol. The van der Waals surface area contributed by atoms with Crippen molar-refractivity contribution in [1.82, 2.24) is 4.90 Å². The van der Waals surface area contributed by atoms with Gasteiger partial charge >= 0.3 is 0 Å². The summed E-state index contributed by atoms with van der Waals surface area (Å²) in [5, 5.41) is -0.0618. The summed E-state index contributed by atoms with van der Waals surface area (Å²) in [4.78, 5) is 1.91. The maximum Gasteiger partial charge on any atom is 0.153 e. The molecule has 0 saturated carbocycles. The van der Waals surface area contributed by atoms with Gasteiger partial charge in [-0.05, 0) is 13.3 Å². The van der Waals surface area contributed by atoms with Gasteiger partial charge in [0.1, 0.15) is 4.32 Å². The van der Waals surface area contributed by atoms with Crippen molar-refractivity contribution < 1.29 is 16.8 Å². The van der Waals surface area contributed by atoms with Gasteiger partial charge in [-0.25, -0.2) is 16.8 Å². The van der Waals surface area contributed by atoms with Crippen molar-refractivity contribution in [3.63, 3.8) is 0 Å². The highest BCUT2D eigenvalue weighted by molar-refractivity contribution is 8.24. The van der Waals surface area contributed by atoms with E-state index in [-0.39, 0.29) is 34.3 Å². The molecular weight excluding hydrogens is 326 g/mol. The summed E-state index contributed by atoms with van der Waals surface area (Å²) in [6.07, 6.45) is 0.547. The lowest BCUT2D eigenvalue weighted by atomic mass is 9.97. The van der Waals surface area contributed by atoms with Gasteiger partial charge in [0.15, 0.2) is 19.7 Å². The molecule has 19 heavy (non-hydrogen) atoms. The lowest BCUT2D eigenvalue weighted by Gasteiger charge is -2.38. The molecule has 3 saturated heterocycles. The summed E-state index contributed by atoms with van der Waals surface area (Å²) in [5.41, 5.74) is -0.537. The Morgan fingerprint density at radius 2 is 1.95 bits per heavy atom. The molecule has 3 rings (SSSR count). The van der Waals surface area contributed by atoms with Crippen molar-refractivity contribution in [3.8, 4) is 0 Å². The van der Waals surface area contributed by atoms with Crippen LogP contribution in [0.1, 0.15) is 13.3 Å². The number of nitrogens with zero attached hydrogens (tertiary/aromatic N) is 1. The van der Waals surface area contributed by atoms with Crippen molar-refractivity contribution in [3.05, 3.63) is 0 Å². The minimum Gasteiger partial charge on any atom is -0.346 e. The first-order valence-corrected chi connectivity index (χ1v) is 11.0. The molecule has 0 aromatic rings. The van der Waals surface area contributed by atoms with Crippen molar-refractivity contribution >= 4 is 48.0 Å². The Kier molecular flexibility index (Phi) is 3.03. The molecule has 3 heterocycles. The van der Waals surface area contributed by atoms with Crippen LogP contribution in [0.5, 0.6) is 0 Å². The van der Waals surface area contributed by atoms with Crippen molar-refractivity contribution in [2.75, 3.05) is 23.0 Å². The Morgan fingerprint density at radius 3 is 2.53 bits per heavy atom. The molecule has 0 bridgehead atoms. The van der Waals surface area contributed by atoms with E-state index in [2.05, 4.69) is 0 Å². The molecule has 0 aromatic heterocycles. The highest BCUT2D eigenvalue weighted by atomic mass is 32.2. The van der Waals surface area contributed by atoms with Crippen LogP contribution in [0.4, 0.5) is 0 Å². The maximum absolute atomic E-state index is 11.8. The number of sulfone groups is 2. The van der Waals surface area contributed by atoms with Crippen molar-refractivity contribution in [2.24, 2.45) is 0 Å². The molecule has 3 aliphatic rings. The molecular formula is C10H15NO4S4. The maximum atomic E-state index is 11.8. The van der Waals surface area contributed by atoms with Crippen LogP contribution < -0.4 is 0 Å². The third-order valence-corrected chi connectivity index (χ3v) is 9.84. The van der Waals surface area contributed by atoms with Gasteiger partial charge in [-0.2, -0.15) is 0 Å². The van der Waals surface area contributed by atoms with Crippen LogP contribution in [-0.4, -0.2) is 65.9 Å². The Balaban J connectivity index is 1.95. The second-order valence-corrected chi connectivity index (χ2v) is 11.9. The predicted molar refractivity (Wildman–Crippen MR) is 79.9 cm³/mol. The van der Waals surface area contributed by atoms with E-state index in [0.717, 1.165) is 0 Å². The molecule has 0 spiro atoms. The lowest BCUT2D eigenvalue weighted by Crippen LogP contribution is -2.54. The molecule has 0 aromatic carbocycles. The topological polar surface area (TPSA) is 71.5 Å². The number of rotatable bonds is 1. The van der Waals surface area contributed by atoms with Crippen LogP contribution in [0.15, 0.2) is 0 Å². The van der Waals surface area contributed by atoms with Crippen LogP contribution in [0.25, 0.3) is 0 Å². The molecule has 0 radical (unpaired) electrons. The Morgan fingerprint density at radius 1 is 1.26 bits per heavy atom. The summed E-state index contributed by atoms with van der Waals surface area (Å²) < 4.78 is 47.6. The van der Waals surface area contributed by atoms with Crippen LogP contribution >= 0.6 is 24.0 Å². The minimum atomic E-state index is -3.05. The number of hydrogen-bond donors (Lipinski definition) is 0. The first-order valence-electron chi connectivity index (χ1n) is 6.04. The molecule has 0 amide bonds. The Labute approximate surface area is 122 Å². The molecule has 108 valence electrons. The van der Waals surface area contributed by atoms with Gasteiger partial charge in [0.05, 0.1) is 28.6 Å². The SMILES string of the molecule is C[C@]12CS(=O)(=O)C[C@H]1SC(=S)N2[C@H]1CCS(=O)(=O)C1. The van der Waals surface area contributed by atoms with E-state index in [1.807, 2.05) is 11.8 Å². The fourth-order valence-electron chi connectivity index (χ4n) is 3.33. The summed E-state index contributed by atoms with van der Waals surface area (Å²) in [6.45, 7) is 1.90. The predicted octanol–water partition coefficient (Wildman–Crippen LogP) is 0.0629. The molecule has 0 unspecified atom stereocenters. The quantitative estimate of drug-likeness (QED) is 0.625. The summed E-state index contributed by atoms with van der Waals surface area (Å²) in [6, 6.07) is -0.159. The van der Waals surface area contributed by atoms with Gasteiger partial charge < -0.3 is 4.90 Å². The van der Waals surface area contributed by atoms with Crippen LogP contribution in [-0.2, 0) is 19.7 Å². The smallest absolute Gasteiger partial charge is 0.153 e. The normalized spacial score (nSPS) is 43.6. The molecule has 9 heteroatoms. The lowest BCUT2D eigenvalue weighted by molar-refractivity contribution is 0.197. The Bertz CT molecular complexity index is 640. The zero-order valence-electron chi connectivity index (χ0n) is 10.4. The van der Waals surface area contributed by atoms with Crippen molar-refractivity contribution in [2.45, 2.75) is 30.2 Å². The molecule has 3 fully saturated rings. The summed E-state index contributed by atoms with van der Waals surface area (Å²) in [7, 11) is -6.05. The standard InChI is InChI=1S/C10H15NO4S4/c1-10-6-19(14,15)5-8(10)17-9(16)11(10)7-2-3-18(12,13)4-7/h7-8H,2-6H2,1H3/t7-,8+,10-/m0/s1. The summed E-state index contributed by atoms with van der Waals surface area (Å²) in [5.74, 6) is 0.490. The third kappa shape index (κ3) is 2.22. The van der Waals surface area contributed by atoms with Gasteiger partial charge in [0, 0.05) is 11.3 Å². The van der Waals surface area contributed by atoms with E-state index in [1.165, 1.54) is 11.8 Å². The minimum absolute atomic E-state index is 0.0618. The average molecular weight is 342 g/mol. The van der Waals surface area contributed by atoms with E-state index < -0.39 is 25.2 Å². The highest BCUT2D eigenvalue weighted by Gasteiger charge is 2.59. The van der Waals surface area contributed by atoms with E-state index in [0.29, 0.717) is 10.7 Å². The second-order valence-electron chi connectivity index (χ2n) is 5.71. The molecule has 3 atom stereocenters. The van der Waals surface area contributed by atoms with E-state index in [1.54, 1.807) is 0 Å². The van der Waals surface area contributed by atoms with Crippen LogP contribution in [0.2, 0.25) is 0 Å². The van der Waals surface area contributed by atoms with Gasteiger partial charge in [-0.15, -0.1) is 0 Å². The first kappa shape index (κ1) is 14.1. The van der Waals surface area contributed by atoms with Gasteiger partial charge in [0.25, 0.3) is 0 Å². The number of thioether (sulfide) groups is 1. The first-order chi connectivity index (χ1) is 8.63.